The summed E-state index contributed by atoms with van der Waals surface area (Å²) in [6.45, 7) is 5.00. The van der Waals surface area contributed by atoms with Gasteiger partial charge in [0.25, 0.3) is 0 Å². The van der Waals surface area contributed by atoms with Gasteiger partial charge in [-0.05, 0) is 24.1 Å². The van der Waals surface area contributed by atoms with Gasteiger partial charge in [0.05, 0.1) is 12.0 Å². The van der Waals surface area contributed by atoms with Gasteiger partial charge < -0.3 is 9.15 Å². The van der Waals surface area contributed by atoms with Crippen LogP contribution in [-0.4, -0.2) is 6.61 Å². The fourth-order valence-corrected chi connectivity index (χ4v) is 2.71. The number of benzene rings is 2. The van der Waals surface area contributed by atoms with Crippen molar-refractivity contribution in [1.82, 2.24) is 0 Å². The van der Waals surface area contributed by atoms with E-state index in [-0.39, 0.29) is 5.43 Å². The van der Waals surface area contributed by atoms with E-state index in [1.54, 1.807) is 12.1 Å². The maximum absolute atomic E-state index is 12.5. The summed E-state index contributed by atoms with van der Waals surface area (Å²) in [4.78, 5) is 12.5. The Morgan fingerprint density at radius 3 is 2.46 bits per heavy atom. The monoisotopic (exact) mass is 322 g/mol. The lowest BCUT2D eigenvalue weighted by Crippen LogP contribution is -2.10. The molecule has 1 heterocycles. The molecule has 124 valence electrons. The highest BCUT2D eigenvalue weighted by Gasteiger charge is 2.09. The molecule has 1 aromatic heterocycles. The number of ether oxygens (including phenoxy) is 1. The number of fused-ring (bicyclic) bond motifs is 1. The first-order chi connectivity index (χ1) is 11.7. The highest BCUT2D eigenvalue weighted by molar-refractivity contribution is 5.80. The van der Waals surface area contributed by atoms with Crippen LogP contribution in [0.25, 0.3) is 22.3 Å². The van der Waals surface area contributed by atoms with E-state index in [4.69, 9.17) is 9.15 Å². The molecule has 0 amide bonds. The van der Waals surface area contributed by atoms with Crippen LogP contribution < -0.4 is 10.2 Å². The van der Waals surface area contributed by atoms with Crippen molar-refractivity contribution in [2.75, 3.05) is 6.61 Å². The maximum Gasteiger partial charge on any atom is 0.193 e. The Balaban J connectivity index is 1.91. The Morgan fingerprint density at radius 2 is 1.75 bits per heavy atom. The molecule has 0 aliphatic rings. The second kappa shape index (κ2) is 7.35. The van der Waals surface area contributed by atoms with E-state index in [0.717, 1.165) is 18.4 Å². The van der Waals surface area contributed by atoms with Crippen LogP contribution in [0.15, 0.2) is 63.8 Å². The fraction of sp³-hybridized carbons (Fsp3) is 0.286. The van der Waals surface area contributed by atoms with Gasteiger partial charge in [-0.3, -0.25) is 4.79 Å². The normalized spacial score (nSPS) is 11.1. The van der Waals surface area contributed by atoms with Crippen LogP contribution in [0.3, 0.4) is 0 Å². The average Bonchev–Trinajstić information content (AvgIpc) is 2.63. The molecule has 0 atom stereocenters. The molecule has 2 aromatic carbocycles. The summed E-state index contributed by atoms with van der Waals surface area (Å²) in [6.07, 6.45) is 2.18. The van der Waals surface area contributed by atoms with Crippen LogP contribution in [0.5, 0.6) is 5.75 Å². The van der Waals surface area contributed by atoms with Gasteiger partial charge in [0.2, 0.25) is 0 Å². The molecule has 3 aromatic rings. The summed E-state index contributed by atoms with van der Waals surface area (Å²) < 4.78 is 11.7. The zero-order valence-electron chi connectivity index (χ0n) is 14.1. The Kier molecular flexibility index (Phi) is 4.99. The van der Waals surface area contributed by atoms with Crippen LogP contribution in [0.1, 0.15) is 26.7 Å². The van der Waals surface area contributed by atoms with Crippen molar-refractivity contribution < 1.29 is 9.15 Å². The Bertz CT molecular complexity index is 861. The number of hydrogen-bond donors (Lipinski definition) is 0. The molecular weight excluding hydrogens is 300 g/mol. The summed E-state index contributed by atoms with van der Waals surface area (Å²) in [6, 6.07) is 16.6. The lowest BCUT2D eigenvalue weighted by Gasteiger charge is -2.14. The zero-order valence-corrected chi connectivity index (χ0v) is 14.1. The van der Waals surface area contributed by atoms with Crippen LogP contribution >= 0.6 is 0 Å². The van der Waals surface area contributed by atoms with E-state index in [1.165, 1.54) is 0 Å². The quantitative estimate of drug-likeness (QED) is 0.620. The van der Waals surface area contributed by atoms with Gasteiger partial charge >= 0.3 is 0 Å². The first-order valence-electron chi connectivity index (χ1n) is 8.47. The minimum absolute atomic E-state index is 0.0527. The van der Waals surface area contributed by atoms with Gasteiger partial charge in [-0.1, -0.05) is 57.0 Å². The minimum Gasteiger partial charge on any atom is -0.493 e. The van der Waals surface area contributed by atoms with Crippen molar-refractivity contribution in [1.29, 1.82) is 0 Å². The Hall–Kier alpha value is -2.55. The van der Waals surface area contributed by atoms with E-state index in [2.05, 4.69) is 13.8 Å². The predicted octanol–water partition coefficient (Wildman–Crippen LogP) is 5.28. The minimum atomic E-state index is -0.0527. The second-order valence-corrected chi connectivity index (χ2v) is 5.99. The standard InChI is InChI=1S/C21H22O3/c1-3-15(4-2)14-23-17-10-11-20-18(12-17)19(22)13-21(24-20)16-8-6-5-7-9-16/h5-13,15H,3-4,14H2,1-2H3. The van der Waals surface area contributed by atoms with Gasteiger partial charge in [-0.2, -0.15) is 0 Å². The van der Waals surface area contributed by atoms with E-state index >= 15 is 0 Å². The smallest absolute Gasteiger partial charge is 0.193 e. The molecule has 24 heavy (non-hydrogen) atoms. The molecule has 0 aliphatic heterocycles. The van der Waals surface area contributed by atoms with E-state index in [9.17, 15) is 4.79 Å². The van der Waals surface area contributed by atoms with Gasteiger partial charge in [0.1, 0.15) is 17.1 Å². The van der Waals surface area contributed by atoms with Crippen molar-refractivity contribution in [2.24, 2.45) is 5.92 Å². The molecule has 3 nitrogen and oxygen atoms in total. The summed E-state index contributed by atoms with van der Waals surface area (Å²) in [5.41, 5.74) is 1.42. The number of rotatable bonds is 6. The first kappa shape index (κ1) is 16.3. The van der Waals surface area contributed by atoms with Gasteiger partial charge in [-0.25, -0.2) is 0 Å². The molecule has 0 spiro atoms. The van der Waals surface area contributed by atoms with Crippen molar-refractivity contribution in [3.8, 4) is 17.1 Å². The van der Waals surface area contributed by atoms with Crippen molar-refractivity contribution in [3.63, 3.8) is 0 Å². The van der Waals surface area contributed by atoms with Crippen molar-refractivity contribution >= 4 is 11.0 Å². The van der Waals surface area contributed by atoms with Crippen molar-refractivity contribution in [2.45, 2.75) is 26.7 Å². The highest BCUT2D eigenvalue weighted by Crippen LogP contribution is 2.25. The molecule has 0 saturated carbocycles. The van der Waals surface area contributed by atoms with Crippen LogP contribution in [0.2, 0.25) is 0 Å². The zero-order chi connectivity index (χ0) is 16.9. The van der Waals surface area contributed by atoms with Crippen LogP contribution in [-0.2, 0) is 0 Å². The predicted molar refractivity (Wildman–Crippen MR) is 97.5 cm³/mol. The third-order valence-corrected chi connectivity index (χ3v) is 4.40. The molecule has 0 unspecified atom stereocenters. The lowest BCUT2D eigenvalue weighted by atomic mass is 10.1. The average molecular weight is 322 g/mol. The molecule has 0 N–H and O–H groups in total. The fourth-order valence-electron chi connectivity index (χ4n) is 2.71. The van der Waals surface area contributed by atoms with E-state index < -0.39 is 0 Å². The summed E-state index contributed by atoms with van der Waals surface area (Å²) in [7, 11) is 0. The highest BCUT2D eigenvalue weighted by atomic mass is 16.5. The Morgan fingerprint density at radius 1 is 1.00 bits per heavy atom. The van der Waals surface area contributed by atoms with Gasteiger partial charge in [0.15, 0.2) is 5.43 Å². The molecule has 0 fully saturated rings. The second-order valence-electron chi connectivity index (χ2n) is 5.99. The molecule has 0 saturated heterocycles. The van der Waals surface area contributed by atoms with Crippen LogP contribution in [0, 0.1) is 5.92 Å². The third kappa shape index (κ3) is 3.51. The lowest BCUT2D eigenvalue weighted by molar-refractivity contribution is 0.241. The molecule has 3 heteroatoms. The topological polar surface area (TPSA) is 39.4 Å². The molecule has 0 aliphatic carbocycles. The summed E-state index contributed by atoms with van der Waals surface area (Å²) >= 11 is 0. The Labute approximate surface area is 141 Å². The van der Waals surface area contributed by atoms with E-state index in [0.29, 0.717) is 35.0 Å². The van der Waals surface area contributed by atoms with Crippen LogP contribution in [0.4, 0.5) is 0 Å². The molecule has 0 bridgehead atoms. The van der Waals surface area contributed by atoms with Crippen molar-refractivity contribution in [3.05, 3.63) is 64.8 Å². The van der Waals surface area contributed by atoms with E-state index in [1.807, 2.05) is 42.5 Å². The molecule has 0 radical (unpaired) electrons. The largest absolute Gasteiger partial charge is 0.493 e. The van der Waals surface area contributed by atoms with Gasteiger partial charge in [-0.15, -0.1) is 0 Å². The summed E-state index contributed by atoms with van der Waals surface area (Å²) in [5, 5.41) is 0.553. The SMILES string of the molecule is CCC(CC)COc1ccc2oc(-c3ccccc3)cc(=O)c2c1. The van der Waals surface area contributed by atoms with Gasteiger partial charge in [0, 0.05) is 11.6 Å². The maximum atomic E-state index is 12.5. The molecule has 3 rings (SSSR count). The number of hydrogen-bond acceptors (Lipinski definition) is 3. The summed E-state index contributed by atoms with van der Waals surface area (Å²) in [5.74, 6) is 1.84. The molecular formula is C21H22O3. The third-order valence-electron chi connectivity index (χ3n) is 4.40. The first-order valence-corrected chi connectivity index (χ1v) is 8.47.